The highest BCUT2D eigenvalue weighted by Gasteiger charge is 2.24. The average molecular weight is 212 g/mol. The third-order valence-electron chi connectivity index (χ3n) is 3.12. The molecular formula is C12H24N2O. The number of hydrogen-bond donors (Lipinski definition) is 1. The summed E-state index contributed by atoms with van der Waals surface area (Å²) < 4.78 is 0. The van der Waals surface area contributed by atoms with Gasteiger partial charge in [0.2, 0.25) is 5.91 Å². The molecule has 0 aromatic rings. The molecule has 88 valence electrons. The molecular weight excluding hydrogens is 188 g/mol. The van der Waals surface area contributed by atoms with Gasteiger partial charge in [0.15, 0.2) is 0 Å². The molecule has 0 unspecified atom stereocenters. The first-order valence-corrected chi connectivity index (χ1v) is 6.29. The van der Waals surface area contributed by atoms with Crippen LogP contribution in [0, 0.1) is 5.92 Å². The number of carbonyl (C=O) groups excluding carboxylic acids is 1. The second kappa shape index (κ2) is 6.83. The fraction of sp³-hybridized carbons (Fsp3) is 0.917. The van der Waals surface area contributed by atoms with Crippen LogP contribution in [0.25, 0.3) is 0 Å². The molecule has 1 N–H and O–H groups in total. The SMILES string of the molecule is CCCCN(CC)C(=O)[C@@H]1CCCNC1. The molecule has 1 aliphatic heterocycles. The van der Waals surface area contributed by atoms with E-state index in [1.54, 1.807) is 0 Å². The van der Waals surface area contributed by atoms with Crippen LogP contribution in [0.4, 0.5) is 0 Å². The Morgan fingerprint density at radius 2 is 2.27 bits per heavy atom. The number of amides is 1. The van der Waals surface area contributed by atoms with E-state index in [2.05, 4.69) is 19.2 Å². The lowest BCUT2D eigenvalue weighted by Crippen LogP contribution is -2.43. The molecule has 1 amide bonds. The second-order valence-corrected chi connectivity index (χ2v) is 4.31. The minimum absolute atomic E-state index is 0.232. The minimum Gasteiger partial charge on any atom is -0.343 e. The largest absolute Gasteiger partial charge is 0.343 e. The molecule has 0 radical (unpaired) electrons. The van der Waals surface area contributed by atoms with E-state index in [-0.39, 0.29) is 5.92 Å². The second-order valence-electron chi connectivity index (χ2n) is 4.31. The molecule has 1 aliphatic rings. The van der Waals surface area contributed by atoms with Gasteiger partial charge in [-0.1, -0.05) is 13.3 Å². The van der Waals surface area contributed by atoms with Gasteiger partial charge < -0.3 is 10.2 Å². The van der Waals surface area contributed by atoms with Crippen LogP contribution in [0.15, 0.2) is 0 Å². The summed E-state index contributed by atoms with van der Waals surface area (Å²) in [5, 5.41) is 3.30. The summed E-state index contributed by atoms with van der Waals surface area (Å²) in [5.74, 6) is 0.591. The molecule has 15 heavy (non-hydrogen) atoms. The highest BCUT2D eigenvalue weighted by molar-refractivity contribution is 5.79. The van der Waals surface area contributed by atoms with Crippen molar-refractivity contribution in [2.45, 2.75) is 39.5 Å². The number of rotatable bonds is 5. The van der Waals surface area contributed by atoms with E-state index in [1.165, 1.54) is 0 Å². The van der Waals surface area contributed by atoms with E-state index in [1.807, 2.05) is 4.90 Å². The van der Waals surface area contributed by atoms with E-state index in [0.29, 0.717) is 5.91 Å². The Balaban J connectivity index is 2.40. The fourth-order valence-corrected chi connectivity index (χ4v) is 2.09. The molecule has 0 aliphatic carbocycles. The first-order valence-electron chi connectivity index (χ1n) is 6.29. The molecule has 0 bridgehead atoms. The van der Waals surface area contributed by atoms with Crippen LogP contribution >= 0.6 is 0 Å². The Morgan fingerprint density at radius 3 is 2.80 bits per heavy atom. The first-order chi connectivity index (χ1) is 7.29. The van der Waals surface area contributed by atoms with Crippen LogP contribution in [-0.2, 0) is 4.79 Å². The van der Waals surface area contributed by atoms with Gasteiger partial charge in [-0.05, 0) is 32.7 Å². The smallest absolute Gasteiger partial charge is 0.226 e. The number of hydrogen-bond acceptors (Lipinski definition) is 2. The Kier molecular flexibility index (Phi) is 5.69. The molecule has 1 atom stereocenters. The standard InChI is InChI=1S/C12H24N2O/c1-3-5-9-14(4-2)12(15)11-7-6-8-13-10-11/h11,13H,3-10H2,1-2H3/t11-/m1/s1. The summed E-state index contributed by atoms with van der Waals surface area (Å²) >= 11 is 0. The van der Waals surface area contributed by atoms with Crippen molar-refractivity contribution in [2.24, 2.45) is 5.92 Å². The zero-order chi connectivity index (χ0) is 11.1. The Hall–Kier alpha value is -0.570. The molecule has 0 spiro atoms. The van der Waals surface area contributed by atoms with Crippen LogP contribution in [0.3, 0.4) is 0 Å². The maximum Gasteiger partial charge on any atom is 0.226 e. The third kappa shape index (κ3) is 3.82. The summed E-state index contributed by atoms with van der Waals surface area (Å²) in [6, 6.07) is 0. The van der Waals surface area contributed by atoms with E-state index >= 15 is 0 Å². The van der Waals surface area contributed by atoms with Crippen molar-refractivity contribution in [3.05, 3.63) is 0 Å². The number of nitrogens with one attached hydrogen (secondary N) is 1. The van der Waals surface area contributed by atoms with E-state index in [4.69, 9.17) is 0 Å². The van der Waals surface area contributed by atoms with Gasteiger partial charge in [-0.2, -0.15) is 0 Å². The average Bonchev–Trinajstić information content (AvgIpc) is 2.31. The number of nitrogens with zero attached hydrogens (tertiary/aromatic N) is 1. The van der Waals surface area contributed by atoms with Gasteiger partial charge in [0.05, 0.1) is 5.92 Å². The topological polar surface area (TPSA) is 32.3 Å². The van der Waals surface area contributed by atoms with Crippen LogP contribution in [0.1, 0.15) is 39.5 Å². The van der Waals surface area contributed by atoms with Crippen molar-refractivity contribution in [3.8, 4) is 0 Å². The van der Waals surface area contributed by atoms with Crippen LogP contribution in [0.2, 0.25) is 0 Å². The normalized spacial score (nSPS) is 21.3. The lowest BCUT2D eigenvalue weighted by atomic mass is 9.98. The number of piperidine rings is 1. The van der Waals surface area contributed by atoms with Gasteiger partial charge in [0.25, 0.3) is 0 Å². The van der Waals surface area contributed by atoms with Crippen LogP contribution in [-0.4, -0.2) is 37.0 Å². The maximum absolute atomic E-state index is 12.1. The van der Waals surface area contributed by atoms with Gasteiger partial charge in [0, 0.05) is 19.6 Å². The van der Waals surface area contributed by atoms with E-state index < -0.39 is 0 Å². The van der Waals surface area contributed by atoms with Crippen molar-refractivity contribution >= 4 is 5.91 Å². The summed E-state index contributed by atoms with van der Waals surface area (Å²) in [4.78, 5) is 14.1. The van der Waals surface area contributed by atoms with E-state index in [9.17, 15) is 4.79 Å². The highest BCUT2D eigenvalue weighted by Crippen LogP contribution is 2.13. The van der Waals surface area contributed by atoms with Crippen molar-refractivity contribution in [1.82, 2.24) is 10.2 Å². The van der Waals surface area contributed by atoms with Gasteiger partial charge >= 0.3 is 0 Å². The zero-order valence-corrected chi connectivity index (χ0v) is 10.1. The quantitative estimate of drug-likeness (QED) is 0.751. The van der Waals surface area contributed by atoms with Crippen LogP contribution in [0.5, 0.6) is 0 Å². The zero-order valence-electron chi connectivity index (χ0n) is 10.1. The number of unbranched alkanes of at least 4 members (excludes halogenated alkanes) is 1. The van der Waals surface area contributed by atoms with Gasteiger partial charge in [-0.25, -0.2) is 0 Å². The highest BCUT2D eigenvalue weighted by atomic mass is 16.2. The summed E-state index contributed by atoms with van der Waals surface area (Å²) in [5.41, 5.74) is 0. The molecule has 1 fully saturated rings. The molecule has 1 heterocycles. The minimum atomic E-state index is 0.232. The molecule has 3 nitrogen and oxygen atoms in total. The van der Waals surface area contributed by atoms with Crippen molar-refractivity contribution < 1.29 is 4.79 Å². The first kappa shape index (κ1) is 12.5. The Bertz CT molecular complexity index is 188. The third-order valence-corrected chi connectivity index (χ3v) is 3.12. The Labute approximate surface area is 93.2 Å². The molecule has 3 heteroatoms. The molecule has 0 aromatic heterocycles. The number of carbonyl (C=O) groups is 1. The lowest BCUT2D eigenvalue weighted by Gasteiger charge is -2.28. The molecule has 1 saturated heterocycles. The predicted octanol–water partition coefficient (Wildman–Crippen LogP) is 1.63. The van der Waals surface area contributed by atoms with Crippen LogP contribution < -0.4 is 5.32 Å². The summed E-state index contributed by atoms with van der Waals surface area (Å²) in [6.07, 6.45) is 4.49. The molecule has 0 saturated carbocycles. The maximum atomic E-state index is 12.1. The van der Waals surface area contributed by atoms with Gasteiger partial charge in [-0.3, -0.25) is 4.79 Å². The Morgan fingerprint density at radius 1 is 1.47 bits per heavy atom. The molecule has 0 aromatic carbocycles. The molecule has 1 rings (SSSR count). The van der Waals surface area contributed by atoms with Crippen molar-refractivity contribution in [3.63, 3.8) is 0 Å². The fourth-order valence-electron chi connectivity index (χ4n) is 2.09. The lowest BCUT2D eigenvalue weighted by molar-refractivity contribution is -0.135. The monoisotopic (exact) mass is 212 g/mol. The van der Waals surface area contributed by atoms with Gasteiger partial charge in [0.1, 0.15) is 0 Å². The van der Waals surface area contributed by atoms with Crippen molar-refractivity contribution in [2.75, 3.05) is 26.2 Å². The van der Waals surface area contributed by atoms with E-state index in [0.717, 1.165) is 51.9 Å². The summed E-state index contributed by atoms with van der Waals surface area (Å²) in [7, 11) is 0. The predicted molar refractivity (Wildman–Crippen MR) is 62.8 cm³/mol. The summed E-state index contributed by atoms with van der Waals surface area (Å²) in [6.45, 7) is 7.98. The van der Waals surface area contributed by atoms with Crippen molar-refractivity contribution in [1.29, 1.82) is 0 Å². The van der Waals surface area contributed by atoms with Gasteiger partial charge in [-0.15, -0.1) is 0 Å².